The van der Waals surface area contributed by atoms with Crippen LogP contribution >= 0.6 is 0 Å². The Kier molecular flexibility index (Phi) is 5.35. The highest BCUT2D eigenvalue weighted by Gasteiger charge is 2.21. The summed E-state index contributed by atoms with van der Waals surface area (Å²) in [5, 5.41) is 7.35. The van der Waals surface area contributed by atoms with Gasteiger partial charge in [0.2, 0.25) is 0 Å². The molecule has 0 bridgehead atoms. The first-order valence-electron chi connectivity index (χ1n) is 16.6. The van der Waals surface area contributed by atoms with Crippen LogP contribution in [-0.4, -0.2) is 14.1 Å². The minimum absolute atomic E-state index is 0.859. The van der Waals surface area contributed by atoms with Gasteiger partial charge in [-0.3, -0.25) is 4.57 Å². The Balaban J connectivity index is 1.09. The Bertz CT molecular complexity index is 3030. The van der Waals surface area contributed by atoms with Crippen molar-refractivity contribution in [1.29, 1.82) is 0 Å². The number of fused-ring (bicyclic) bond motifs is 4. The molecule has 0 aliphatic rings. The summed E-state index contributed by atoms with van der Waals surface area (Å²) in [7, 11) is 0. The number of imidazole rings is 1. The second-order valence-electron chi connectivity index (χ2n) is 12.8. The van der Waals surface area contributed by atoms with Crippen LogP contribution in [0, 0.1) is 0 Å². The molecular formula is C45H27N3O. The van der Waals surface area contributed by atoms with E-state index in [9.17, 15) is 0 Å². The van der Waals surface area contributed by atoms with E-state index in [1.807, 2.05) is 18.2 Å². The predicted molar refractivity (Wildman–Crippen MR) is 202 cm³/mol. The zero-order valence-corrected chi connectivity index (χ0v) is 26.3. The van der Waals surface area contributed by atoms with Crippen molar-refractivity contribution < 1.29 is 4.42 Å². The molecule has 11 aromatic rings. The van der Waals surface area contributed by atoms with Gasteiger partial charge in [-0.2, -0.15) is 0 Å². The molecular weight excluding hydrogens is 599 g/mol. The largest absolute Gasteiger partial charge is 0.454 e. The number of para-hydroxylation sites is 5. The average molecular weight is 626 g/mol. The summed E-state index contributed by atoms with van der Waals surface area (Å²) in [6, 6.07) is 58.2. The lowest BCUT2D eigenvalue weighted by Crippen LogP contribution is -1.98. The molecule has 0 saturated carbocycles. The lowest BCUT2D eigenvalue weighted by molar-refractivity contribution is 0.666. The number of hydrogen-bond acceptors (Lipinski definition) is 2. The molecule has 228 valence electrons. The van der Waals surface area contributed by atoms with E-state index < -0.39 is 0 Å². The first-order chi connectivity index (χ1) is 24.3. The third-order valence-electron chi connectivity index (χ3n) is 10.1. The fourth-order valence-corrected chi connectivity index (χ4v) is 7.97. The average Bonchev–Trinajstić information content (AvgIpc) is 3.85. The summed E-state index contributed by atoms with van der Waals surface area (Å²) in [5.74, 6) is 0.882. The molecule has 4 heteroatoms. The lowest BCUT2D eigenvalue weighted by atomic mass is 9.94. The number of rotatable bonds is 4. The molecule has 0 saturated heterocycles. The normalized spacial score (nSPS) is 12.1. The summed E-state index contributed by atoms with van der Waals surface area (Å²) in [6.45, 7) is 0. The maximum atomic E-state index is 6.49. The number of benzene rings is 8. The molecule has 3 aromatic heterocycles. The van der Waals surface area contributed by atoms with E-state index in [1.165, 1.54) is 49.4 Å². The van der Waals surface area contributed by atoms with Gasteiger partial charge in [0.1, 0.15) is 11.4 Å². The molecule has 8 aromatic carbocycles. The van der Waals surface area contributed by atoms with Gasteiger partial charge in [-0.15, -0.1) is 0 Å². The Morgan fingerprint density at radius 2 is 1.18 bits per heavy atom. The quantitative estimate of drug-likeness (QED) is 0.182. The summed E-state index contributed by atoms with van der Waals surface area (Å²) in [5.41, 5.74) is 11.8. The number of nitrogens with zero attached hydrogens (tertiary/aromatic N) is 3. The monoisotopic (exact) mass is 625 g/mol. The third-order valence-corrected chi connectivity index (χ3v) is 10.1. The molecule has 0 unspecified atom stereocenters. The zero-order chi connectivity index (χ0) is 32.1. The Morgan fingerprint density at radius 3 is 2.10 bits per heavy atom. The van der Waals surface area contributed by atoms with E-state index in [4.69, 9.17) is 9.40 Å². The molecule has 3 heterocycles. The van der Waals surface area contributed by atoms with E-state index in [0.29, 0.717) is 0 Å². The van der Waals surface area contributed by atoms with Crippen LogP contribution in [0.2, 0.25) is 0 Å². The SMILES string of the molecule is c1ccc(-n2c3cccc4ccc5c(-c6ccc(-c7nc8ccccc8n7-c7cccc8c7oc7ccccc78)cc6)ccc2c5c43)cc1. The van der Waals surface area contributed by atoms with Crippen LogP contribution < -0.4 is 0 Å². The van der Waals surface area contributed by atoms with E-state index >= 15 is 0 Å². The Morgan fingerprint density at radius 1 is 0.449 bits per heavy atom. The minimum atomic E-state index is 0.859. The van der Waals surface area contributed by atoms with Gasteiger partial charge in [0, 0.05) is 32.8 Å². The van der Waals surface area contributed by atoms with Crippen LogP contribution in [0.3, 0.4) is 0 Å². The number of aromatic nitrogens is 3. The fraction of sp³-hybridized carbons (Fsp3) is 0. The second-order valence-corrected chi connectivity index (χ2v) is 12.8. The van der Waals surface area contributed by atoms with E-state index in [-0.39, 0.29) is 0 Å². The standard InChI is InChI=1S/C45H27N3O/c1-2-11-31(12-3-1)47-38-17-8-10-29-24-25-34-32(26-27-39(47)43(34)42(29)38)28-20-22-30(23-21-28)45-46-36-15-5-6-16-37(36)48(45)40-18-9-14-35-33-13-4-7-19-41(33)49-44(35)40/h1-27H. The van der Waals surface area contributed by atoms with Crippen LogP contribution in [0.15, 0.2) is 168 Å². The van der Waals surface area contributed by atoms with Crippen molar-refractivity contribution in [2.24, 2.45) is 0 Å². The molecule has 4 nitrogen and oxygen atoms in total. The minimum Gasteiger partial charge on any atom is -0.454 e. The van der Waals surface area contributed by atoms with Gasteiger partial charge in [0.05, 0.1) is 27.8 Å². The predicted octanol–water partition coefficient (Wildman–Crippen LogP) is 11.9. The van der Waals surface area contributed by atoms with Crippen LogP contribution in [-0.2, 0) is 0 Å². The van der Waals surface area contributed by atoms with Crippen molar-refractivity contribution in [2.75, 3.05) is 0 Å². The van der Waals surface area contributed by atoms with Gasteiger partial charge in [-0.05, 0) is 70.4 Å². The van der Waals surface area contributed by atoms with Crippen LogP contribution in [0.5, 0.6) is 0 Å². The van der Waals surface area contributed by atoms with Gasteiger partial charge >= 0.3 is 0 Å². The summed E-state index contributed by atoms with van der Waals surface area (Å²) >= 11 is 0. The van der Waals surface area contributed by atoms with Crippen molar-refractivity contribution >= 4 is 65.6 Å². The summed E-state index contributed by atoms with van der Waals surface area (Å²) in [6.07, 6.45) is 0. The van der Waals surface area contributed by atoms with E-state index in [0.717, 1.165) is 50.0 Å². The number of furan rings is 1. The zero-order valence-electron chi connectivity index (χ0n) is 26.3. The molecule has 0 spiro atoms. The molecule has 11 rings (SSSR count). The molecule has 0 amide bonds. The molecule has 49 heavy (non-hydrogen) atoms. The van der Waals surface area contributed by atoms with Crippen LogP contribution in [0.1, 0.15) is 0 Å². The van der Waals surface area contributed by atoms with Crippen LogP contribution in [0.4, 0.5) is 0 Å². The van der Waals surface area contributed by atoms with Crippen molar-refractivity contribution in [1.82, 2.24) is 14.1 Å². The third kappa shape index (κ3) is 3.71. The molecule has 0 aliphatic carbocycles. The number of hydrogen-bond donors (Lipinski definition) is 0. The highest BCUT2D eigenvalue weighted by molar-refractivity contribution is 6.26. The molecule has 0 atom stereocenters. The Hall–Kier alpha value is -6.65. The maximum Gasteiger partial charge on any atom is 0.159 e. The smallest absolute Gasteiger partial charge is 0.159 e. The van der Waals surface area contributed by atoms with Crippen molar-refractivity contribution in [2.45, 2.75) is 0 Å². The fourth-order valence-electron chi connectivity index (χ4n) is 7.97. The molecule has 0 fully saturated rings. The van der Waals surface area contributed by atoms with Crippen LogP contribution in [0.25, 0.3) is 99.4 Å². The van der Waals surface area contributed by atoms with E-state index in [1.54, 1.807) is 0 Å². The van der Waals surface area contributed by atoms with Gasteiger partial charge in [0.15, 0.2) is 5.58 Å². The first kappa shape index (κ1) is 26.4. The van der Waals surface area contributed by atoms with Crippen molar-refractivity contribution in [3.05, 3.63) is 164 Å². The first-order valence-corrected chi connectivity index (χ1v) is 16.6. The summed E-state index contributed by atoms with van der Waals surface area (Å²) < 4.78 is 11.1. The van der Waals surface area contributed by atoms with Gasteiger partial charge in [0.25, 0.3) is 0 Å². The summed E-state index contributed by atoms with van der Waals surface area (Å²) in [4.78, 5) is 5.18. The second kappa shape index (κ2) is 9.93. The highest BCUT2D eigenvalue weighted by Crippen LogP contribution is 2.43. The van der Waals surface area contributed by atoms with Gasteiger partial charge in [-0.25, -0.2) is 4.98 Å². The highest BCUT2D eigenvalue weighted by atomic mass is 16.3. The van der Waals surface area contributed by atoms with Gasteiger partial charge < -0.3 is 8.98 Å². The van der Waals surface area contributed by atoms with Crippen molar-refractivity contribution in [3.8, 4) is 33.9 Å². The van der Waals surface area contributed by atoms with E-state index in [2.05, 4.69) is 155 Å². The topological polar surface area (TPSA) is 35.9 Å². The van der Waals surface area contributed by atoms with Crippen molar-refractivity contribution in [3.63, 3.8) is 0 Å². The molecule has 0 aliphatic heterocycles. The maximum absolute atomic E-state index is 6.49. The Labute approximate surface area is 281 Å². The molecule has 0 radical (unpaired) electrons. The molecule has 0 N–H and O–H groups in total. The van der Waals surface area contributed by atoms with Gasteiger partial charge in [-0.1, -0.05) is 115 Å². The lowest BCUT2D eigenvalue weighted by Gasteiger charge is -2.12.